The number of alkyl halides is 3. The maximum atomic E-state index is 12.5. The van der Waals surface area contributed by atoms with Crippen LogP contribution >= 0.6 is 0 Å². The average molecular weight is 421 g/mol. The first-order valence-electron chi connectivity index (χ1n) is 9.97. The summed E-state index contributed by atoms with van der Waals surface area (Å²) in [6, 6.07) is 15.2. The Morgan fingerprint density at radius 2 is 1.67 bits per heavy atom. The van der Waals surface area contributed by atoms with Crippen LogP contribution in [0.25, 0.3) is 0 Å². The van der Waals surface area contributed by atoms with Gasteiger partial charge in [0.1, 0.15) is 5.75 Å². The lowest BCUT2D eigenvalue weighted by atomic mass is 10.1. The van der Waals surface area contributed by atoms with Gasteiger partial charge in [-0.1, -0.05) is 30.3 Å². The number of carbonyl (C=O) groups excluding carboxylic acids is 1. The molecule has 0 aliphatic carbocycles. The number of ether oxygens (including phenoxy) is 1. The first kappa shape index (κ1) is 22.1. The number of hydrogen-bond acceptors (Lipinski definition) is 4. The summed E-state index contributed by atoms with van der Waals surface area (Å²) in [7, 11) is 0. The van der Waals surface area contributed by atoms with Crippen molar-refractivity contribution in [2.45, 2.75) is 25.7 Å². The van der Waals surface area contributed by atoms with Crippen molar-refractivity contribution in [3.05, 3.63) is 60.2 Å². The van der Waals surface area contributed by atoms with Crippen molar-refractivity contribution >= 4 is 11.6 Å². The normalized spacial score (nSPS) is 16.8. The molecule has 0 spiro atoms. The molecule has 0 aromatic heterocycles. The first-order valence-corrected chi connectivity index (χ1v) is 9.97. The molecule has 30 heavy (non-hydrogen) atoms. The Bertz CT molecular complexity index is 805. The molecule has 1 amide bonds. The summed E-state index contributed by atoms with van der Waals surface area (Å²) in [4.78, 5) is 17.1. The molecule has 5 nitrogen and oxygen atoms in total. The summed E-state index contributed by atoms with van der Waals surface area (Å²) >= 11 is 0. The van der Waals surface area contributed by atoms with E-state index < -0.39 is 6.36 Å². The molecule has 1 atom stereocenters. The van der Waals surface area contributed by atoms with Gasteiger partial charge < -0.3 is 15.0 Å². The summed E-state index contributed by atoms with van der Waals surface area (Å²) < 4.78 is 40.5. The third-order valence-electron chi connectivity index (χ3n) is 5.25. The highest BCUT2D eigenvalue weighted by molar-refractivity contribution is 5.94. The molecule has 2 aromatic rings. The summed E-state index contributed by atoms with van der Waals surface area (Å²) in [6.07, 6.45) is -3.73. The molecule has 1 fully saturated rings. The molecule has 0 radical (unpaired) electrons. The zero-order valence-electron chi connectivity index (χ0n) is 16.9. The number of rotatable bonds is 7. The van der Waals surface area contributed by atoms with Gasteiger partial charge in [-0.15, -0.1) is 13.2 Å². The summed E-state index contributed by atoms with van der Waals surface area (Å²) in [5, 5.41) is 2.76. The minimum Gasteiger partial charge on any atom is -0.406 e. The van der Waals surface area contributed by atoms with E-state index in [1.807, 2.05) is 25.1 Å². The number of halogens is 3. The third kappa shape index (κ3) is 6.74. The van der Waals surface area contributed by atoms with Crippen LogP contribution in [0.4, 0.5) is 18.9 Å². The Kier molecular flexibility index (Phi) is 7.33. The molecule has 162 valence electrons. The van der Waals surface area contributed by atoms with Gasteiger partial charge in [-0.05, 0) is 43.2 Å². The number of piperazine rings is 1. The van der Waals surface area contributed by atoms with Crippen molar-refractivity contribution in [3.63, 3.8) is 0 Å². The van der Waals surface area contributed by atoms with E-state index in [-0.39, 0.29) is 17.7 Å². The fraction of sp³-hybridized carbons (Fsp3) is 0.409. The molecule has 0 saturated carbocycles. The van der Waals surface area contributed by atoms with Crippen molar-refractivity contribution in [1.82, 2.24) is 9.80 Å². The molecule has 1 saturated heterocycles. The standard InChI is InChI=1S/C22H26F3N3O2/c1-17(21(29)26-19-7-9-20(10-8-19)30-22(23,24)25)28-15-13-27(14-16-28)12-11-18-5-3-2-4-6-18/h2-10,17H,11-16H2,1H3,(H,26,29). The SMILES string of the molecule is CC(C(=O)Nc1ccc(OC(F)(F)F)cc1)N1CCN(CCc2ccccc2)CC1. The van der Waals surface area contributed by atoms with E-state index in [1.165, 1.54) is 29.8 Å². The number of benzene rings is 2. The maximum Gasteiger partial charge on any atom is 0.573 e. The largest absolute Gasteiger partial charge is 0.573 e. The number of nitrogens with zero attached hydrogens (tertiary/aromatic N) is 2. The van der Waals surface area contributed by atoms with E-state index in [1.54, 1.807) is 0 Å². The number of hydrogen-bond donors (Lipinski definition) is 1. The summed E-state index contributed by atoms with van der Waals surface area (Å²) in [6.45, 7) is 6.21. The fourth-order valence-electron chi connectivity index (χ4n) is 3.46. The molecule has 1 aliphatic rings. The van der Waals surface area contributed by atoms with Gasteiger partial charge in [0, 0.05) is 38.4 Å². The number of nitrogens with one attached hydrogen (secondary N) is 1. The second-order valence-electron chi connectivity index (χ2n) is 7.35. The Balaban J connectivity index is 1.43. The molecule has 1 unspecified atom stereocenters. The predicted molar refractivity (Wildman–Crippen MR) is 109 cm³/mol. The zero-order chi connectivity index (χ0) is 21.6. The lowest BCUT2D eigenvalue weighted by molar-refractivity contribution is -0.274. The summed E-state index contributed by atoms with van der Waals surface area (Å²) in [5.74, 6) is -0.502. The molecule has 1 aliphatic heterocycles. The van der Waals surface area contributed by atoms with Crippen molar-refractivity contribution in [3.8, 4) is 5.75 Å². The van der Waals surface area contributed by atoms with E-state index in [0.29, 0.717) is 5.69 Å². The van der Waals surface area contributed by atoms with Crippen LogP contribution in [0, 0.1) is 0 Å². The van der Waals surface area contributed by atoms with E-state index in [2.05, 4.69) is 32.0 Å². The number of amides is 1. The zero-order valence-corrected chi connectivity index (χ0v) is 16.9. The van der Waals surface area contributed by atoms with Gasteiger partial charge in [0.15, 0.2) is 0 Å². The molecule has 2 aromatic carbocycles. The minimum atomic E-state index is -4.73. The van der Waals surface area contributed by atoms with Crippen LogP contribution in [0.1, 0.15) is 12.5 Å². The summed E-state index contributed by atoms with van der Waals surface area (Å²) in [5.41, 5.74) is 1.75. The smallest absolute Gasteiger partial charge is 0.406 e. The Hall–Kier alpha value is -2.58. The van der Waals surface area contributed by atoms with E-state index in [9.17, 15) is 18.0 Å². The number of anilines is 1. The predicted octanol–water partition coefficient (Wildman–Crippen LogP) is 3.77. The molecular weight excluding hydrogens is 395 g/mol. The Labute approximate surface area is 174 Å². The van der Waals surface area contributed by atoms with Gasteiger partial charge in [-0.25, -0.2) is 0 Å². The molecule has 1 N–H and O–H groups in total. The van der Waals surface area contributed by atoms with E-state index in [4.69, 9.17) is 0 Å². The second-order valence-corrected chi connectivity index (χ2v) is 7.35. The average Bonchev–Trinajstić information content (AvgIpc) is 2.73. The van der Waals surface area contributed by atoms with Gasteiger partial charge in [0.2, 0.25) is 5.91 Å². The quantitative estimate of drug-likeness (QED) is 0.739. The van der Waals surface area contributed by atoms with Crippen LogP contribution in [0.2, 0.25) is 0 Å². The third-order valence-corrected chi connectivity index (χ3v) is 5.25. The molecule has 8 heteroatoms. The molecular formula is C22H26F3N3O2. The van der Waals surface area contributed by atoms with Gasteiger partial charge >= 0.3 is 6.36 Å². The molecule has 3 rings (SSSR count). The second kappa shape index (κ2) is 9.95. The topological polar surface area (TPSA) is 44.8 Å². The molecule has 0 bridgehead atoms. The Morgan fingerprint density at radius 3 is 2.27 bits per heavy atom. The minimum absolute atomic E-state index is 0.183. The maximum absolute atomic E-state index is 12.5. The monoisotopic (exact) mass is 421 g/mol. The van der Waals surface area contributed by atoms with Gasteiger partial charge in [-0.3, -0.25) is 9.69 Å². The van der Waals surface area contributed by atoms with Crippen LogP contribution in [0.15, 0.2) is 54.6 Å². The first-order chi connectivity index (χ1) is 14.3. The van der Waals surface area contributed by atoms with Crippen molar-refractivity contribution in [1.29, 1.82) is 0 Å². The number of carbonyl (C=O) groups is 1. The fourth-order valence-corrected chi connectivity index (χ4v) is 3.46. The lowest BCUT2D eigenvalue weighted by Crippen LogP contribution is -2.53. The highest BCUT2D eigenvalue weighted by atomic mass is 19.4. The van der Waals surface area contributed by atoms with Crippen LogP contribution in [0.3, 0.4) is 0 Å². The van der Waals surface area contributed by atoms with Crippen molar-refractivity contribution in [2.24, 2.45) is 0 Å². The highest BCUT2D eigenvalue weighted by Gasteiger charge is 2.31. The van der Waals surface area contributed by atoms with Crippen LogP contribution in [-0.2, 0) is 11.2 Å². The van der Waals surface area contributed by atoms with Crippen LogP contribution in [-0.4, -0.2) is 60.8 Å². The van der Waals surface area contributed by atoms with E-state index in [0.717, 1.165) is 39.1 Å². The van der Waals surface area contributed by atoms with Crippen LogP contribution < -0.4 is 10.1 Å². The van der Waals surface area contributed by atoms with Crippen molar-refractivity contribution < 1.29 is 22.7 Å². The van der Waals surface area contributed by atoms with E-state index >= 15 is 0 Å². The van der Waals surface area contributed by atoms with Crippen molar-refractivity contribution in [2.75, 3.05) is 38.0 Å². The van der Waals surface area contributed by atoms with Gasteiger partial charge in [0.25, 0.3) is 0 Å². The van der Waals surface area contributed by atoms with Gasteiger partial charge in [-0.2, -0.15) is 0 Å². The van der Waals surface area contributed by atoms with Gasteiger partial charge in [0.05, 0.1) is 6.04 Å². The lowest BCUT2D eigenvalue weighted by Gasteiger charge is -2.37. The Morgan fingerprint density at radius 1 is 1.03 bits per heavy atom. The highest BCUT2D eigenvalue weighted by Crippen LogP contribution is 2.24. The van der Waals surface area contributed by atoms with Crippen LogP contribution in [0.5, 0.6) is 5.75 Å². The molecule has 1 heterocycles.